The number of nitrogens with one attached hydrogen (secondary N) is 1. The standard InChI is InChI=1S/C18H35NO.C2H5NO2.C2H4O2.CH5N3/c1-2-3-4-5-6-7-8-9-10-11-12-13-14-15-16-17-18(19)20;3-1-2(4)5;1-2(3)4;2-1(3)4/h9-10H,2-8,11-17H2,1H3,(H2,19,20);1,3H2,(H,4,5);1H3,(H,3,4);(H5,2,3,4)/b10-9-;;;. The van der Waals surface area contributed by atoms with Crippen LogP contribution in [0.5, 0.6) is 0 Å². The van der Waals surface area contributed by atoms with Gasteiger partial charge in [-0.3, -0.25) is 19.8 Å². The molecule has 0 rings (SSSR count). The van der Waals surface area contributed by atoms with E-state index in [2.05, 4.69) is 36.3 Å². The van der Waals surface area contributed by atoms with Crippen molar-refractivity contribution in [2.45, 2.75) is 104 Å². The number of unbranched alkanes of at least 4 members (excludes halogenated alkanes) is 11. The Morgan fingerprint density at radius 3 is 1.36 bits per heavy atom. The van der Waals surface area contributed by atoms with Gasteiger partial charge in [0, 0.05) is 13.3 Å². The largest absolute Gasteiger partial charge is 0.481 e. The molecule has 196 valence electrons. The fourth-order valence-corrected chi connectivity index (χ4v) is 2.37. The normalized spacial score (nSPS) is 9.42. The van der Waals surface area contributed by atoms with E-state index in [0.717, 1.165) is 19.8 Å². The van der Waals surface area contributed by atoms with Crippen molar-refractivity contribution >= 4 is 23.8 Å². The fourth-order valence-electron chi connectivity index (χ4n) is 2.37. The lowest BCUT2D eigenvalue weighted by molar-refractivity contribution is -0.136. The molecule has 0 fully saturated rings. The molecular formula is C23H49N5O5. The molecule has 0 aromatic carbocycles. The smallest absolute Gasteiger partial charge is 0.317 e. The lowest BCUT2D eigenvalue weighted by Gasteiger charge is -1.99. The Labute approximate surface area is 199 Å². The second kappa shape index (κ2) is 34.0. The molecule has 0 saturated heterocycles. The molecule has 0 aromatic heterocycles. The average Bonchev–Trinajstić information content (AvgIpc) is 2.70. The number of carboxylic acids is 2. The Balaban J connectivity index is -0.000000263. The van der Waals surface area contributed by atoms with E-state index < -0.39 is 11.9 Å². The molecule has 0 saturated carbocycles. The first-order valence-electron chi connectivity index (χ1n) is 11.6. The summed E-state index contributed by atoms with van der Waals surface area (Å²) in [5, 5.41) is 21.1. The number of guanidine groups is 1. The number of carboxylic acid groups (broad SMARTS) is 2. The Bertz CT molecular complexity index is 480. The van der Waals surface area contributed by atoms with Gasteiger partial charge in [-0.05, 0) is 32.1 Å². The first-order chi connectivity index (χ1) is 15.5. The minimum atomic E-state index is -0.968. The van der Waals surface area contributed by atoms with Crippen molar-refractivity contribution in [3.05, 3.63) is 12.2 Å². The highest BCUT2D eigenvalue weighted by Gasteiger charge is 1.94. The zero-order valence-electron chi connectivity index (χ0n) is 20.7. The van der Waals surface area contributed by atoms with Crippen LogP contribution in [0.3, 0.4) is 0 Å². The summed E-state index contributed by atoms with van der Waals surface area (Å²) < 4.78 is 0. The molecule has 1 amide bonds. The fraction of sp³-hybridized carbons (Fsp3) is 0.739. The number of rotatable bonds is 16. The summed E-state index contributed by atoms with van der Waals surface area (Å²) in [7, 11) is 0. The van der Waals surface area contributed by atoms with Crippen LogP contribution in [0.2, 0.25) is 0 Å². The Hall–Kier alpha value is -2.62. The summed E-state index contributed by atoms with van der Waals surface area (Å²) in [6, 6.07) is 0. The highest BCUT2D eigenvalue weighted by molar-refractivity contribution is 5.73. The van der Waals surface area contributed by atoms with E-state index in [0.29, 0.717) is 6.42 Å². The first kappa shape index (κ1) is 37.7. The number of hydrogen-bond donors (Lipinski definition) is 7. The van der Waals surface area contributed by atoms with Gasteiger partial charge in [0.2, 0.25) is 5.91 Å². The van der Waals surface area contributed by atoms with Gasteiger partial charge in [-0.25, -0.2) is 0 Å². The molecule has 0 atom stereocenters. The molecule has 33 heavy (non-hydrogen) atoms. The number of carbonyl (C=O) groups is 3. The number of nitrogens with two attached hydrogens (primary N) is 4. The van der Waals surface area contributed by atoms with Crippen LogP contribution >= 0.6 is 0 Å². The summed E-state index contributed by atoms with van der Waals surface area (Å²) in [6.07, 6.45) is 21.9. The molecule has 0 radical (unpaired) electrons. The van der Waals surface area contributed by atoms with Gasteiger partial charge in [-0.2, -0.15) is 0 Å². The Kier molecular flexibility index (Phi) is 38.8. The van der Waals surface area contributed by atoms with Crippen LogP contribution in [-0.2, 0) is 14.4 Å². The third-order valence-corrected chi connectivity index (χ3v) is 3.86. The average molecular weight is 476 g/mol. The van der Waals surface area contributed by atoms with Crippen molar-refractivity contribution in [2.24, 2.45) is 22.9 Å². The SMILES string of the molecule is CC(=O)O.CCCCCCCC/C=C\CCCCCCCC(N)=O.N=C(N)N.NCC(=O)O. The lowest BCUT2D eigenvalue weighted by Crippen LogP contribution is -2.20. The Morgan fingerprint density at radius 2 is 1.06 bits per heavy atom. The first-order valence-corrected chi connectivity index (χ1v) is 11.6. The molecule has 0 aromatic rings. The second-order valence-corrected chi connectivity index (χ2v) is 7.37. The molecule has 0 bridgehead atoms. The van der Waals surface area contributed by atoms with Gasteiger partial charge in [0.25, 0.3) is 5.97 Å². The van der Waals surface area contributed by atoms with Gasteiger partial charge < -0.3 is 33.1 Å². The number of allylic oxidation sites excluding steroid dienone is 2. The van der Waals surface area contributed by atoms with Gasteiger partial charge >= 0.3 is 5.97 Å². The molecular weight excluding hydrogens is 426 g/mol. The van der Waals surface area contributed by atoms with Crippen molar-refractivity contribution in [3.63, 3.8) is 0 Å². The maximum Gasteiger partial charge on any atom is 0.317 e. The molecule has 0 heterocycles. The van der Waals surface area contributed by atoms with Crippen molar-refractivity contribution < 1.29 is 24.6 Å². The summed E-state index contributed by atoms with van der Waals surface area (Å²) in [5.74, 6) is -2.30. The van der Waals surface area contributed by atoms with E-state index in [4.69, 9.17) is 26.2 Å². The maximum atomic E-state index is 10.5. The molecule has 0 spiro atoms. The van der Waals surface area contributed by atoms with Crippen LogP contribution in [0.1, 0.15) is 104 Å². The van der Waals surface area contributed by atoms with Crippen molar-refractivity contribution in [3.8, 4) is 0 Å². The van der Waals surface area contributed by atoms with Gasteiger partial charge in [0.05, 0.1) is 6.54 Å². The minimum Gasteiger partial charge on any atom is -0.481 e. The van der Waals surface area contributed by atoms with Crippen LogP contribution in [-0.4, -0.2) is 40.6 Å². The summed E-state index contributed by atoms with van der Waals surface area (Å²) in [4.78, 5) is 28.8. The van der Waals surface area contributed by atoms with Gasteiger partial charge in [0.15, 0.2) is 5.96 Å². The maximum absolute atomic E-state index is 10.5. The zero-order chi connectivity index (χ0) is 26.3. The summed E-state index contributed by atoms with van der Waals surface area (Å²) in [5.41, 5.74) is 18.6. The molecule has 0 aliphatic heterocycles. The monoisotopic (exact) mass is 475 g/mol. The van der Waals surface area contributed by atoms with Crippen molar-refractivity contribution in [2.75, 3.05) is 6.54 Å². The summed E-state index contributed by atoms with van der Waals surface area (Å²) in [6.45, 7) is 3.07. The van der Waals surface area contributed by atoms with Crippen LogP contribution in [0.25, 0.3) is 0 Å². The topological polar surface area (TPSA) is 220 Å². The quantitative estimate of drug-likeness (QED) is 0.0755. The highest BCUT2D eigenvalue weighted by Crippen LogP contribution is 2.09. The molecule has 0 unspecified atom stereocenters. The number of amides is 1. The van der Waals surface area contributed by atoms with E-state index in [1.165, 1.54) is 70.6 Å². The predicted molar refractivity (Wildman–Crippen MR) is 135 cm³/mol. The number of carbonyl (C=O) groups excluding carboxylic acids is 1. The second-order valence-electron chi connectivity index (χ2n) is 7.37. The van der Waals surface area contributed by atoms with Gasteiger partial charge in [0.1, 0.15) is 0 Å². The van der Waals surface area contributed by atoms with Crippen LogP contribution in [0, 0.1) is 5.41 Å². The molecule has 10 heteroatoms. The zero-order valence-corrected chi connectivity index (χ0v) is 20.7. The van der Waals surface area contributed by atoms with Crippen LogP contribution in [0.15, 0.2) is 12.2 Å². The van der Waals surface area contributed by atoms with Gasteiger partial charge in [-0.1, -0.05) is 70.4 Å². The highest BCUT2D eigenvalue weighted by atomic mass is 16.4. The van der Waals surface area contributed by atoms with Crippen LogP contribution < -0.4 is 22.9 Å². The van der Waals surface area contributed by atoms with E-state index in [-0.39, 0.29) is 18.4 Å². The van der Waals surface area contributed by atoms with Gasteiger partial charge in [-0.15, -0.1) is 0 Å². The molecule has 11 N–H and O–H groups in total. The minimum absolute atomic E-state index is 0.164. The summed E-state index contributed by atoms with van der Waals surface area (Å²) >= 11 is 0. The van der Waals surface area contributed by atoms with E-state index >= 15 is 0 Å². The molecule has 0 aliphatic carbocycles. The number of aliphatic carboxylic acids is 2. The van der Waals surface area contributed by atoms with E-state index in [1.54, 1.807) is 0 Å². The Morgan fingerprint density at radius 1 is 0.758 bits per heavy atom. The number of hydrogen-bond acceptors (Lipinski definition) is 5. The third kappa shape index (κ3) is 82.1. The third-order valence-electron chi connectivity index (χ3n) is 3.86. The predicted octanol–water partition coefficient (Wildman–Crippen LogP) is 3.47. The van der Waals surface area contributed by atoms with E-state index in [9.17, 15) is 9.59 Å². The van der Waals surface area contributed by atoms with Crippen LogP contribution in [0.4, 0.5) is 0 Å². The van der Waals surface area contributed by atoms with Crippen molar-refractivity contribution in [1.29, 1.82) is 5.41 Å². The molecule has 0 aliphatic rings. The lowest BCUT2D eigenvalue weighted by atomic mass is 10.1. The molecule has 10 nitrogen and oxygen atoms in total. The van der Waals surface area contributed by atoms with Crippen molar-refractivity contribution in [1.82, 2.24) is 0 Å². The van der Waals surface area contributed by atoms with E-state index in [1.807, 2.05) is 0 Å². The number of primary amides is 1.